The summed E-state index contributed by atoms with van der Waals surface area (Å²) >= 11 is 3.20. The van der Waals surface area contributed by atoms with Crippen LogP contribution < -0.4 is 10.6 Å². The molecule has 0 atom stereocenters. The minimum Gasteiger partial charge on any atom is -0.444 e. The molecule has 0 aliphatic carbocycles. The van der Waals surface area contributed by atoms with Crippen molar-refractivity contribution in [2.24, 2.45) is 5.92 Å². The number of aryl methyl sites for hydroxylation is 1. The molecule has 1 fully saturated rings. The number of halogens is 1. The molecule has 0 spiro atoms. The molecule has 1 amide bonds. The third-order valence-corrected chi connectivity index (χ3v) is 2.90. The maximum absolute atomic E-state index is 11.7. The van der Waals surface area contributed by atoms with E-state index < -0.39 is 0 Å². The smallest absolute Gasteiger partial charge is 0.287 e. The van der Waals surface area contributed by atoms with Crippen molar-refractivity contribution < 1.29 is 9.21 Å². The summed E-state index contributed by atoms with van der Waals surface area (Å²) in [6, 6.07) is 1.79. The fourth-order valence-corrected chi connectivity index (χ4v) is 1.98. The molecule has 0 bridgehead atoms. The van der Waals surface area contributed by atoms with E-state index >= 15 is 0 Å². The summed E-state index contributed by atoms with van der Waals surface area (Å²) in [5.41, 5.74) is 0.853. The number of nitrogens with one attached hydrogen (secondary N) is 2. The molecule has 0 aromatic carbocycles. The molecular formula is C10H13BrN2O2. The van der Waals surface area contributed by atoms with Crippen LogP contribution in [0.2, 0.25) is 0 Å². The quantitative estimate of drug-likeness (QED) is 0.872. The van der Waals surface area contributed by atoms with Gasteiger partial charge in [-0.1, -0.05) is 0 Å². The Hall–Kier alpha value is -0.810. The average molecular weight is 273 g/mol. The monoisotopic (exact) mass is 272 g/mol. The fourth-order valence-electron chi connectivity index (χ4n) is 1.48. The van der Waals surface area contributed by atoms with Crippen molar-refractivity contribution in [3.63, 3.8) is 0 Å². The summed E-state index contributed by atoms with van der Waals surface area (Å²) in [6.45, 7) is 4.54. The highest BCUT2D eigenvalue weighted by atomic mass is 79.9. The molecular weight excluding hydrogens is 260 g/mol. The van der Waals surface area contributed by atoms with Gasteiger partial charge in [0.1, 0.15) is 0 Å². The van der Waals surface area contributed by atoms with E-state index in [1.165, 1.54) is 0 Å². The van der Waals surface area contributed by atoms with Crippen LogP contribution in [0.3, 0.4) is 0 Å². The Balaban J connectivity index is 1.92. The summed E-state index contributed by atoms with van der Waals surface area (Å²) in [4.78, 5) is 11.7. The number of amides is 1. The molecule has 1 saturated heterocycles. The van der Waals surface area contributed by atoms with E-state index in [1.807, 2.05) is 6.92 Å². The van der Waals surface area contributed by atoms with E-state index in [9.17, 15) is 4.79 Å². The zero-order valence-electron chi connectivity index (χ0n) is 8.47. The molecule has 4 nitrogen and oxygen atoms in total. The Kier molecular flexibility index (Phi) is 3.11. The van der Waals surface area contributed by atoms with E-state index in [-0.39, 0.29) is 5.91 Å². The first-order valence-corrected chi connectivity index (χ1v) is 5.71. The van der Waals surface area contributed by atoms with Crippen LogP contribution in [0.25, 0.3) is 0 Å². The highest BCUT2D eigenvalue weighted by Gasteiger charge is 2.19. The molecule has 1 aromatic rings. The van der Waals surface area contributed by atoms with Crippen molar-refractivity contribution >= 4 is 21.8 Å². The highest BCUT2D eigenvalue weighted by molar-refractivity contribution is 9.10. The van der Waals surface area contributed by atoms with Gasteiger partial charge in [0.15, 0.2) is 10.4 Å². The second kappa shape index (κ2) is 4.37. The maximum Gasteiger partial charge on any atom is 0.287 e. The van der Waals surface area contributed by atoms with Gasteiger partial charge < -0.3 is 15.1 Å². The molecule has 0 unspecified atom stereocenters. The van der Waals surface area contributed by atoms with Crippen molar-refractivity contribution in [3.05, 3.63) is 22.1 Å². The average Bonchev–Trinajstić information content (AvgIpc) is 2.42. The Morgan fingerprint density at radius 3 is 2.93 bits per heavy atom. The van der Waals surface area contributed by atoms with Gasteiger partial charge in [-0.05, 0) is 28.9 Å². The lowest BCUT2D eigenvalue weighted by Gasteiger charge is -2.26. The molecule has 82 valence electrons. The number of hydrogen-bond donors (Lipinski definition) is 2. The predicted molar refractivity (Wildman–Crippen MR) is 59.8 cm³/mol. The van der Waals surface area contributed by atoms with E-state index in [4.69, 9.17) is 4.42 Å². The van der Waals surface area contributed by atoms with Crippen LogP contribution in [-0.4, -0.2) is 25.5 Å². The Labute approximate surface area is 96.5 Å². The van der Waals surface area contributed by atoms with E-state index in [2.05, 4.69) is 26.6 Å². The number of carbonyl (C=O) groups excluding carboxylic acids is 1. The maximum atomic E-state index is 11.7. The van der Waals surface area contributed by atoms with Gasteiger partial charge in [0.2, 0.25) is 0 Å². The zero-order chi connectivity index (χ0) is 10.8. The van der Waals surface area contributed by atoms with E-state index in [0.29, 0.717) is 22.9 Å². The molecule has 1 aliphatic rings. The summed E-state index contributed by atoms with van der Waals surface area (Å²) in [5, 5.41) is 6.02. The molecule has 0 radical (unpaired) electrons. The molecule has 0 saturated carbocycles. The lowest BCUT2D eigenvalue weighted by Crippen LogP contribution is -2.48. The van der Waals surface area contributed by atoms with Crippen LogP contribution in [0.4, 0.5) is 0 Å². The second-order valence-corrected chi connectivity index (χ2v) is 4.58. The first-order valence-electron chi connectivity index (χ1n) is 4.91. The standard InChI is InChI=1S/C10H13BrN2O2/c1-6-2-8(11)15-9(6)10(14)13-5-7-3-12-4-7/h2,7,12H,3-5H2,1H3,(H,13,14). The van der Waals surface area contributed by atoms with Crippen LogP contribution in [0.15, 0.2) is 15.2 Å². The largest absolute Gasteiger partial charge is 0.444 e. The Morgan fingerprint density at radius 1 is 1.73 bits per heavy atom. The topological polar surface area (TPSA) is 54.3 Å². The molecule has 15 heavy (non-hydrogen) atoms. The SMILES string of the molecule is Cc1cc(Br)oc1C(=O)NCC1CNC1. The van der Waals surface area contributed by atoms with Crippen LogP contribution >= 0.6 is 15.9 Å². The lowest BCUT2D eigenvalue weighted by molar-refractivity contribution is 0.0912. The lowest BCUT2D eigenvalue weighted by atomic mass is 10.0. The van der Waals surface area contributed by atoms with Crippen molar-refractivity contribution in [3.8, 4) is 0 Å². The predicted octanol–water partition coefficient (Wildman–Crippen LogP) is 1.30. The molecule has 5 heteroatoms. The molecule has 2 N–H and O–H groups in total. The van der Waals surface area contributed by atoms with Gasteiger partial charge in [0.05, 0.1) is 0 Å². The number of hydrogen-bond acceptors (Lipinski definition) is 3. The molecule has 1 aromatic heterocycles. The second-order valence-electron chi connectivity index (χ2n) is 3.80. The number of carbonyl (C=O) groups is 1. The highest BCUT2D eigenvalue weighted by Crippen LogP contribution is 2.19. The van der Waals surface area contributed by atoms with Crippen LogP contribution in [-0.2, 0) is 0 Å². The Morgan fingerprint density at radius 2 is 2.47 bits per heavy atom. The van der Waals surface area contributed by atoms with Gasteiger partial charge in [-0.2, -0.15) is 0 Å². The fraction of sp³-hybridized carbons (Fsp3) is 0.500. The van der Waals surface area contributed by atoms with Gasteiger partial charge >= 0.3 is 0 Å². The first-order chi connectivity index (χ1) is 7.16. The van der Waals surface area contributed by atoms with Crippen LogP contribution in [0, 0.1) is 12.8 Å². The third-order valence-electron chi connectivity index (χ3n) is 2.51. The molecule has 2 rings (SSSR count). The van der Waals surface area contributed by atoms with Gasteiger partial charge in [-0.3, -0.25) is 4.79 Å². The van der Waals surface area contributed by atoms with Gasteiger partial charge in [-0.15, -0.1) is 0 Å². The van der Waals surface area contributed by atoms with E-state index in [0.717, 1.165) is 18.7 Å². The zero-order valence-corrected chi connectivity index (χ0v) is 10.1. The van der Waals surface area contributed by atoms with Gasteiger partial charge in [0, 0.05) is 31.1 Å². The van der Waals surface area contributed by atoms with E-state index in [1.54, 1.807) is 6.07 Å². The third kappa shape index (κ3) is 2.41. The van der Waals surface area contributed by atoms with Gasteiger partial charge in [0.25, 0.3) is 5.91 Å². The first kappa shape index (κ1) is 10.7. The minimum absolute atomic E-state index is 0.134. The van der Waals surface area contributed by atoms with Gasteiger partial charge in [-0.25, -0.2) is 0 Å². The Bertz CT molecular complexity index is 371. The minimum atomic E-state index is -0.134. The molecule has 2 heterocycles. The summed E-state index contributed by atoms with van der Waals surface area (Å²) in [5.74, 6) is 0.826. The molecule has 1 aliphatic heterocycles. The van der Waals surface area contributed by atoms with Crippen molar-refractivity contribution in [1.29, 1.82) is 0 Å². The van der Waals surface area contributed by atoms with Crippen LogP contribution in [0.1, 0.15) is 16.1 Å². The number of rotatable bonds is 3. The summed E-state index contributed by atoms with van der Waals surface area (Å²) < 4.78 is 5.84. The van der Waals surface area contributed by atoms with Crippen LogP contribution in [0.5, 0.6) is 0 Å². The van der Waals surface area contributed by atoms with Crippen molar-refractivity contribution in [2.75, 3.05) is 19.6 Å². The number of furan rings is 1. The normalized spacial score (nSPS) is 16.1. The van der Waals surface area contributed by atoms with Crippen molar-refractivity contribution in [1.82, 2.24) is 10.6 Å². The van der Waals surface area contributed by atoms with Crippen molar-refractivity contribution in [2.45, 2.75) is 6.92 Å². The summed E-state index contributed by atoms with van der Waals surface area (Å²) in [7, 11) is 0. The summed E-state index contributed by atoms with van der Waals surface area (Å²) in [6.07, 6.45) is 0.